The number of pyridine rings is 1. The molecule has 1 spiro atoms. The molecule has 1 amide bonds. The number of fused-ring (bicyclic) bond motifs is 1. The second kappa shape index (κ2) is 7.47. The number of aliphatic carboxylic acids is 1. The number of amides is 1. The molecule has 9 heteroatoms. The molecule has 2 aliphatic carbocycles. The van der Waals surface area contributed by atoms with Gasteiger partial charge in [-0.3, -0.25) is 4.79 Å². The zero-order valence-electron chi connectivity index (χ0n) is 18.0. The van der Waals surface area contributed by atoms with Crippen LogP contribution in [0.3, 0.4) is 0 Å². The second-order valence-corrected chi connectivity index (χ2v) is 9.59. The number of hydrogen-bond donors (Lipinski definition) is 2. The van der Waals surface area contributed by atoms with E-state index in [0.717, 1.165) is 50.0 Å². The van der Waals surface area contributed by atoms with Crippen molar-refractivity contribution < 1.29 is 19.4 Å². The first-order chi connectivity index (χ1) is 14.8. The fourth-order valence-corrected chi connectivity index (χ4v) is 5.36. The zero-order valence-corrected chi connectivity index (χ0v) is 18.0. The molecular formula is C22H29N5O4. The summed E-state index contributed by atoms with van der Waals surface area (Å²) < 4.78 is 7.10. The summed E-state index contributed by atoms with van der Waals surface area (Å²) >= 11 is 0. The van der Waals surface area contributed by atoms with Crippen molar-refractivity contribution in [2.75, 3.05) is 24.6 Å². The fourth-order valence-electron chi connectivity index (χ4n) is 5.36. The normalized spacial score (nSPS) is 29.7. The van der Waals surface area contributed by atoms with Crippen LogP contribution in [-0.2, 0) is 9.53 Å². The van der Waals surface area contributed by atoms with E-state index in [1.807, 2.05) is 13.1 Å². The van der Waals surface area contributed by atoms with Crippen LogP contribution in [0.15, 0.2) is 12.3 Å². The topological polar surface area (TPSA) is 109 Å². The molecule has 2 aromatic rings. The zero-order chi connectivity index (χ0) is 21.8. The third kappa shape index (κ3) is 3.64. The number of aryl methyl sites for hydroxylation is 1. The van der Waals surface area contributed by atoms with Crippen LogP contribution in [0.2, 0.25) is 0 Å². The molecule has 5 rings (SSSR count). The molecule has 2 atom stereocenters. The van der Waals surface area contributed by atoms with E-state index in [2.05, 4.69) is 33.3 Å². The van der Waals surface area contributed by atoms with Crippen molar-refractivity contribution in [3.05, 3.63) is 23.7 Å². The monoisotopic (exact) mass is 427 g/mol. The minimum Gasteiger partial charge on any atom is -0.480 e. The molecule has 2 N–H and O–H groups in total. The first kappa shape index (κ1) is 20.2. The molecule has 0 bridgehead atoms. The van der Waals surface area contributed by atoms with Crippen LogP contribution in [-0.4, -0.2) is 63.4 Å². The van der Waals surface area contributed by atoms with E-state index in [1.165, 1.54) is 6.42 Å². The maximum atomic E-state index is 12.9. The Morgan fingerprint density at radius 1 is 1.35 bits per heavy atom. The van der Waals surface area contributed by atoms with E-state index in [-0.39, 0.29) is 35.9 Å². The van der Waals surface area contributed by atoms with Gasteiger partial charge in [-0.05, 0) is 62.0 Å². The molecule has 2 aromatic heterocycles. The van der Waals surface area contributed by atoms with Gasteiger partial charge in [0.05, 0.1) is 18.0 Å². The third-order valence-corrected chi connectivity index (χ3v) is 7.28. The highest BCUT2D eigenvalue weighted by atomic mass is 16.5. The van der Waals surface area contributed by atoms with E-state index in [9.17, 15) is 9.59 Å². The Morgan fingerprint density at radius 2 is 2.16 bits per heavy atom. The summed E-state index contributed by atoms with van der Waals surface area (Å²) in [4.78, 5) is 30.4. The van der Waals surface area contributed by atoms with Crippen molar-refractivity contribution in [1.82, 2.24) is 19.9 Å². The quantitative estimate of drug-likeness (QED) is 0.726. The molecule has 2 unspecified atom stereocenters. The van der Waals surface area contributed by atoms with Gasteiger partial charge in [-0.2, -0.15) is 0 Å². The van der Waals surface area contributed by atoms with Gasteiger partial charge in [0, 0.05) is 19.1 Å². The van der Waals surface area contributed by atoms with Crippen molar-refractivity contribution in [1.29, 1.82) is 0 Å². The lowest BCUT2D eigenvalue weighted by Crippen LogP contribution is -2.62. The van der Waals surface area contributed by atoms with Crippen LogP contribution < -0.4 is 10.2 Å². The molecule has 9 nitrogen and oxygen atoms in total. The minimum atomic E-state index is -0.949. The molecule has 3 heterocycles. The Balaban J connectivity index is 1.25. The predicted octanol–water partition coefficient (Wildman–Crippen LogP) is 2.03. The summed E-state index contributed by atoms with van der Waals surface area (Å²) in [7, 11) is 0. The van der Waals surface area contributed by atoms with Gasteiger partial charge < -0.3 is 20.1 Å². The lowest BCUT2D eigenvalue weighted by atomic mass is 9.51. The number of carbonyl (C=O) groups excluding carboxylic acids is 1. The van der Waals surface area contributed by atoms with Crippen molar-refractivity contribution >= 4 is 23.2 Å². The Bertz CT molecular complexity index is 1030. The number of aromatic nitrogens is 3. The fraction of sp³-hybridized carbons (Fsp3) is 0.636. The molecule has 166 valence electrons. The molecule has 1 saturated heterocycles. The van der Waals surface area contributed by atoms with E-state index in [4.69, 9.17) is 9.84 Å². The summed E-state index contributed by atoms with van der Waals surface area (Å²) in [5, 5.41) is 16.3. The number of anilines is 1. The molecule has 3 fully saturated rings. The van der Waals surface area contributed by atoms with Crippen LogP contribution in [0.5, 0.6) is 0 Å². The molecule has 31 heavy (non-hydrogen) atoms. The minimum absolute atomic E-state index is 0.0292. The molecule has 0 aromatic carbocycles. The lowest BCUT2D eigenvalue weighted by Gasteiger charge is -2.58. The van der Waals surface area contributed by atoms with Crippen LogP contribution >= 0.6 is 0 Å². The number of hydrogen-bond acceptors (Lipinski definition) is 6. The van der Waals surface area contributed by atoms with Gasteiger partial charge in [-0.1, -0.05) is 6.92 Å². The highest BCUT2D eigenvalue weighted by Gasteiger charge is 2.56. The second-order valence-electron chi connectivity index (χ2n) is 9.59. The van der Waals surface area contributed by atoms with Crippen molar-refractivity contribution in [3.63, 3.8) is 0 Å². The van der Waals surface area contributed by atoms with E-state index in [1.54, 1.807) is 4.52 Å². The summed E-state index contributed by atoms with van der Waals surface area (Å²) in [5.74, 6) is -0.327. The van der Waals surface area contributed by atoms with Gasteiger partial charge in [-0.15, -0.1) is 5.10 Å². The Morgan fingerprint density at radius 3 is 2.81 bits per heavy atom. The number of nitrogens with one attached hydrogen (secondary N) is 1. The largest absolute Gasteiger partial charge is 0.480 e. The van der Waals surface area contributed by atoms with Gasteiger partial charge in [0.15, 0.2) is 5.65 Å². The van der Waals surface area contributed by atoms with Crippen LogP contribution in [0.4, 0.5) is 5.69 Å². The van der Waals surface area contributed by atoms with Gasteiger partial charge in [-0.25, -0.2) is 14.3 Å². The lowest BCUT2D eigenvalue weighted by molar-refractivity contribution is -0.161. The molecule has 3 aliphatic rings. The average Bonchev–Trinajstić information content (AvgIpc) is 3.30. The number of nitrogens with zero attached hydrogens (tertiary/aromatic N) is 4. The summed E-state index contributed by atoms with van der Waals surface area (Å²) in [6.45, 7) is 6.07. The smallest absolute Gasteiger partial charge is 0.329 e. The highest BCUT2D eigenvalue weighted by Crippen LogP contribution is 2.56. The number of carboxylic acid groups (broad SMARTS) is 1. The van der Waals surface area contributed by atoms with Gasteiger partial charge >= 0.3 is 5.97 Å². The number of carbonyl (C=O) groups is 2. The van der Waals surface area contributed by atoms with E-state index >= 15 is 0 Å². The van der Waals surface area contributed by atoms with Crippen LogP contribution in [0, 0.1) is 18.3 Å². The third-order valence-electron chi connectivity index (χ3n) is 7.28. The maximum Gasteiger partial charge on any atom is 0.329 e. The van der Waals surface area contributed by atoms with Crippen molar-refractivity contribution in [2.24, 2.45) is 11.3 Å². The first-order valence-electron chi connectivity index (χ1n) is 11.1. The van der Waals surface area contributed by atoms with Gasteiger partial charge in [0.2, 0.25) is 5.82 Å². The Labute approximate surface area is 180 Å². The van der Waals surface area contributed by atoms with E-state index in [0.29, 0.717) is 11.6 Å². The molecule has 1 aliphatic heterocycles. The number of carboxylic acids is 1. The maximum absolute atomic E-state index is 12.9. The van der Waals surface area contributed by atoms with Crippen molar-refractivity contribution in [2.45, 2.75) is 58.1 Å². The van der Waals surface area contributed by atoms with Crippen LogP contribution in [0.25, 0.3) is 5.65 Å². The predicted molar refractivity (Wildman–Crippen MR) is 113 cm³/mol. The molecule has 2 saturated carbocycles. The summed E-state index contributed by atoms with van der Waals surface area (Å²) in [6.07, 6.45) is 6.65. The molecule has 0 radical (unpaired) electrons. The highest BCUT2D eigenvalue weighted by molar-refractivity contribution is 5.91. The Hall–Kier alpha value is -2.68. The SMILES string of the molecule is Cc1cc(N2CCC(C)C2)cn2nc(C(=O)NC3CCC34CC(OCC(=O)O)C4)nc12. The summed E-state index contributed by atoms with van der Waals surface area (Å²) in [5.41, 5.74) is 2.86. The van der Waals surface area contributed by atoms with Gasteiger partial charge in [0.25, 0.3) is 5.91 Å². The first-order valence-corrected chi connectivity index (χ1v) is 11.1. The van der Waals surface area contributed by atoms with Gasteiger partial charge in [0.1, 0.15) is 6.61 Å². The standard InChI is InChI=1S/C22H29N5O4/c1-13-4-6-26(10-13)15-7-14(2)20-24-19(25-27(20)11-15)21(30)23-17-3-5-22(17)8-16(9-22)31-12-18(28)29/h7,11,13,16-17H,3-6,8-10,12H2,1-2H3,(H,23,30)(H,28,29). The average molecular weight is 428 g/mol. The Kier molecular flexibility index (Phi) is 4.88. The van der Waals surface area contributed by atoms with Crippen molar-refractivity contribution in [3.8, 4) is 0 Å². The molecular weight excluding hydrogens is 398 g/mol. The van der Waals surface area contributed by atoms with E-state index < -0.39 is 5.97 Å². The van der Waals surface area contributed by atoms with Crippen LogP contribution in [0.1, 0.15) is 55.2 Å². The number of rotatable bonds is 6. The number of ether oxygens (including phenoxy) is 1. The summed E-state index contributed by atoms with van der Waals surface area (Å²) in [6, 6.07) is 2.19.